The number of hydrogen-bond donors (Lipinski definition) is 2. The van der Waals surface area contributed by atoms with Gasteiger partial charge in [0.05, 0.1) is 11.5 Å². The monoisotopic (exact) mass is 300 g/mol. The summed E-state index contributed by atoms with van der Waals surface area (Å²) in [6.07, 6.45) is 2.08. The number of unbranched alkanes of at least 4 members (excludes halogenated alkanes) is 1. The molecule has 0 aliphatic rings. The minimum Gasteiger partial charge on any atom is -0.380 e. The number of amides is 1. The number of carbonyl (C=O) groups is 1. The van der Waals surface area contributed by atoms with Crippen molar-refractivity contribution in [3.8, 4) is 0 Å². The number of carbonyl (C=O) groups excluding carboxylic acids is 1. The van der Waals surface area contributed by atoms with Gasteiger partial charge >= 0.3 is 0 Å². The van der Waals surface area contributed by atoms with E-state index in [1.807, 2.05) is 0 Å². The molecule has 0 fully saturated rings. The van der Waals surface area contributed by atoms with Crippen molar-refractivity contribution in [1.29, 1.82) is 0 Å². The first kappa shape index (κ1) is 16.6. The van der Waals surface area contributed by atoms with Crippen LogP contribution in [0.3, 0.4) is 0 Å². The van der Waals surface area contributed by atoms with Crippen molar-refractivity contribution in [2.45, 2.75) is 24.7 Å². The molecule has 0 saturated heterocycles. The van der Waals surface area contributed by atoms with Crippen LogP contribution in [0.2, 0.25) is 0 Å². The summed E-state index contributed by atoms with van der Waals surface area (Å²) >= 11 is 0. The average molecular weight is 300 g/mol. The van der Waals surface area contributed by atoms with Crippen molar-refractivity contribution < 1.29 is 17.9 Å². The zero-order valence-corrected chi connectivity index (χ0v) is 12.3. The predicted octanol–water partition coefficient (Wildman–Crippen LogP) is 0.881. The van der Waals surface area contributed by atoms with Crippen molar-refractivity contribution in [2.24, 2.45) is 5.14 Å². The third kappa shape index (κ3) is 5.68. The molecule has 1 aromatic carbocycles. The van der Waals surface area contributed by atoms with Crippen LogP contribution in [0.25, 0.3) is 0 Å². The normalized spacial score (nSPS) is 11.3. The second-order valence-electron chi connectivity index (χ2n) is 4.29. The highest BCUT2D eigenvalue weighted by Gasteiger charge is 2.09. The summed E-state index contributed by atoms with van der Waals surface area (Å²) in [6.45, 7) is 3.65. The Bertz CT molecular complexity index is 526. The number of nitrogens with one attached hydrogen (secondary N) is 1. The van der Waals surface area contributed by atoms with Crippen LogP contribution in [-0.2, 0) is 14.8 Å². The lowest BCUT2D eigenvalue weighted by atomic mass is 10.2. The molecule has 3 N–H and O–H groups in total. The van der Waals surface area contributed by atoms with Gasteiger partial charge in [-0.15, -0.1) is 0 Å². The van der Waals surface area contributed by atoms with Crippen molar-refractivity contribution in [2.75, 3.05) is 19.8 Å². The smallest absolute Gasteiger partial charge is 0.251 e. The Balaban J connectivity index is 2.40. The lowest BCUT2D eigenvalue weighted by Gasteiger charge is -2.06. The van der Waals surface area contributed by atoms with Crippen LogP contribution in [0, 0.1) is 0 Å². The molecular formula is C13H20N2O4S. The van der Waals surface area contributed by atoms with E-state index in [9.17, 15) is 13.2 Å². The molecule has 1 aromatic rings. The summed E-state index contributed by atoms with van der Waals surface area (Å²) < 4.78 is 27.5. The standard InChI is InChI=1S/C13H20N2O4S/c1-2-3-9-19-10-8-15-13(16)11-4-6-12(7-5-11)20(14,17)18/h4-7H,2-3,8-10H2,1H3,(H,15,16)(H2,14,17,18). The molecule has 0 bridgehead atoms. The Morgan fingerprint density at radius 2 is 1.90 bits per heavy atom. The fourth-order valence-corrected chi connectivity index (χ4v) is 2.00. The lowest BCUT2D eigenvalue weighted by Crippen LogP contribution is -2.27. The quantitative estimate of drug-likeness (QED) is 0.696. The fourth-order valence-electron chi connectivity index (χ4n) is 1.48. The summed E-state index contributed by atoms with van der Waals surface area (Å²) in [4.78, 5) is 11.7. The second-order valence-corrected chi connectivity index (χ2v) is 5.85. The van der Waals surface area contributed by atoms with E-state index in [1.165, 1.54) is 24.3 Å². The van der Waals surface area contributed by atoms with E-state index >= 15 is 0 Å². The summed E-state index contributed by atoms with van der Waals surface area (Å²) in [5.41, 5.74) is 0.381. The molecule has 0 spiro atoms. The second kappa shape index (κ2) is 7.98. The molecular weight excluding hydrogens is 280 g/mol. The molecule has 20 heavy (non-hydrogen) atoms. The van der Waals surface area contributed by atoms with Gasteiger partial charge in [0, 0.05) is 18.7 Å². The van der Waals surface area contributed by atoms with E-state index in [-0.39, 0.29) is 10.8 Å². The molecule has 0 atom stereocenters. The van der Waals surface area contributed by atoms with Gasteiger partial charge in [0.15, 0.2) is 0 Å². The van der Waals surface area contributed by atoms with Gasteiger partial charge in [-0.05, 0) is 30.7 Å². The van der Waals surface area contributed by atoms with Gasteiger partial charge in [-0.3, -0.25) is 4.79 Å². The van der Waals surface area contributed by atoms with Crippen LogP contribution in [-0.4, -0.2) is 34.1 Å². The first-order valence-electron chi connectivity index (χ1n) is 6.44. The molecule has 0 saturated carbocycles. The topological polar surface area (TPSA) is 98.5 Å². The Kier molecular flexibility index (Phi) is 6.63. The largest absolute Gasteiger partial charge is 0.380 e. The van der Waals surface area contributed by atoms with Gasteiger partial charge in [-0.1, -0.05) is 13.3 Å². The van der Waals surface area contributed by atoms with E-state index in [0.29, 0.717) is 25.3 Å². The minimum absolute atomic E-state index is 0.0167. The van der Waals surface area contributed by atoms with Crippen LogP contribution < -0.4 is 10.5 Å². The summed E-state index contributed by atoms with van der Waals surface area (Å²) in [7, 11) is -3.73. The number of ether oxygens (including phenoxy) is 1. The molecule has 1 amide bonds. The average Bonchev–Trinajstić information content (AvgIpc) is 2.41. The van der Waals surface area contributed by atoms with Crippen LogP contribution in [0.15, 0.2) is 29.2 Å². The Morgan fingerprint density at radius 1 is 1.25 bits per heavy atom. The highest BCUT2D eigenvalue weighted by Crippen LogP contribution is 2.08. The number of hydrogen-bond acceptors (Lipinski definition) is 4. The van der Waals surface area contributed by atoms with Crippen LogP contribution in [0.5, 0.6) is 0 Å². The highest BCUT2D eigenvalue weighted by atomic mass is 32.2. The molecule has 6 nitrogen and oxygen atoms in total. The first-order chi connectivity index (χ1) is 9.45. The number of primary sulfonamides is 1. The van der Waals surface area contributed by atoms with Gasteiger partial charge in [0.2, 0.25) is 10.0 Å². The van der Waals surface area contributed by atoms with E-state index in [0.717, 1.165) is 12.8 Å². The molecule has 0 radical (unpaired) electrons. The highest BCUT2D eigenvalue weighted by molar-refractivity contribution is 7.89. The third-order valence-corrected chi connectivity index (χ3v) is 3.55. The molecule has 0 unspecified atom stereocenters. The van der Waals surface area contributed by atoms with E-state index < -0.39 is 10.0 Å². The summed E-state index contributed by atoms with van der Waals surface area (Å²) in [6, 6.07) is 5.46. The van der Waals surface area contributed by atoms with Gasteiger partial charge < -0.3 is 10.1 Å². The van der Waals surface area contributed by atoms with Crippen molar-refractivity contribution in [3.05, 3.63) is 29.8 Å². The van der Waals surface area contributed by atoms with Crippen LogP contribution >= 0.6 is 0 Å². The molecule has 0 aliphatic heterocycles. The zero-order valence-electron chi connectivity index (χ0n) is 11.5. The molecule has 1 rings (SSSR count). The molecule has 0 heterocycles. The maximum absolute atomic E-state index is 11.7. The molecule has 7 heteroatoms. The van der Waals surface area contributed by atoms with E-state index in [2.05, 4.69) is 12.2 Å². The summed E-state index contributed by atoms with van der Waals surface area (Å²) in [5.74, 6) is -0.273. The third-order valence-electron chi connectivity index (χ3n) is 2.62. The minimum atomic E-state index is -3.73. The Labute approximate surface area is 119 Å². The number of nitrogens with two attached hydrogens (primary N) is 1. The predicted molar refractivity (Wildman–Crippen MR) is 75.9 cm³/mol. The van der Waals surface area contributed by atoms with Gasteiger partial charge in [-0.25, -0.2) is 13.6 Å². The maximum Gasteiger partial charge on any atom is 0.251 e. The number of benzene rings is 1. The number of sulfonamides is 1. The van der Waals surface area contributed by atoms with Crippen molar-refractivity contribution in [1.82, 2.24) is 5.32 Å². The van der Waals surface area contributed by atoms with E-state index in [4.69, 9.17) is 9.88 Å². The van der Waals surface area contributed by atoms with Crippen LogP contribution in [0.1, 0.15) is 30.1 Å². The number of rotatable bonds is 8. The molecule has 112 valence electrons. The molecule has 0 aliphatic carbocycles. The van der Waals surface area contributed by atoms with Crippen molar-refractivity contribution >= 4 is 15.9 Å². The molecule has 0 aromatic heterocycles. The Morgan fingerprint density at radius 3 is 2.45 bits per heavy atom. The SMILES string of the molecule is CCCCOCCNC(=O)c1ccc(S(N)(=O)=O)cc1. The van der Waals surface area contributed by atoms with Gasteiger partial charge in [0.25, 0.3) is 5.91 Å². The van der Waals surface area contributed by atoms with Crippen molar-refractivity contribution in [3.63, 3.8) is 0 Å². The fraction of sp³-hybridized carbons (Fsp3) is 0.462. The van der Waals surface area contributed by atoms with Gasteiger partial charge in [0.1, 0.15) is 0 Å². The maximum atomic E-state index is 11.7. The van der Waals surface area contributed by atoms with E-state index in [1.54, 1.807) is 0 Å². The zero-order chi connectivity index (χ0) is 15.0. The first-order valence-corrected chi connectivity index (χ1v) is 7.98. The van der Waals surface area contributed by atoms with Gasteiger partial charge in [-0.2, -0.15) is 0 Å². The Hall–Kier alpha value is -1.44. The lowest BCUT2D eigenvalue weighted by molar-refractivity contribution is 0.0912. The summed E-state index contributed by atoms with van der Waals surface area (Å²) in [5, 5.41) is 7.67. The van der Waals surface area contributed by atoms with Crippen LogP contribution in [0.4, 0.5) is 0 Å².